The first-order chi connectivity index (χ1) is 9.74. The second-order valence-electron chi connectivity index (χ2n) is 6.34. The Morgan fingerprint density at radius 1 is 1.40 bits per heavy atom. The third-order valence-corrected chi connectivity index (χ3v) is 5.14. The largest absolute Gasteiger partial charge is 0.378 e. The van der Waals surface area contributed by atoms with E-state index < -0.39 is 0 Å². The Morgan fingerprint density at radius 2 is 2.20 bits per heavy atom. The highest BCUT2D eigenvalue weighted by molar-refractivity contribution is 5.10. The summed E-state index contributed by atoms with van der Waals surface area (Å²) in [5, 5.41) is 7.76. The molecule has 1 spiro atoms. The Kier molecular flexibility index (Phi) is 4.13. The predicted molar refractivity (Wildman–Crippen MR) is 77.4 cm³/mol. The van der Waals surface area contributed by atoms with E-state index in [2.05, 4.69) is 17.4 Å². The first-order valence-electron chi connectivity index (χ1n) is 8.02. The summed E-state index contributed by atoms with van der Waals surface area (Å²) in [7, 11) is 0. The smallest absolute Gasteiger partial charge is 0.133 e. The molecule has 1 N–H and O–H groups in total. The van der Waals surface area contributed by atoms with Crippen molar-refractivity contribution in [1.82, 2.24) is 10.5 Å². The van der Waals surface area contributed by atoms with Crippen LogP contribution in [0.4, 0.5) is 0 Å². The number of aromatic nitrogens is 1. The van der Waals surface area contributed by atoms with Crippen LogP contribution in [0, 0.1) is 12.3 Å². The SMILES string of the molecule is CCOC1CC(NCc2cc(C)on2)C12CCCCC2. The zero-order valence-corrected chi connectivity index (χ0v) is 12.7. The van der Waals surface area contributed by atoms with Gasteiger partial charge in [0.25, 0.3) is 0 Å². The van der Waals surface area contributed by atoms with Crippen LogP contribution in [0.1, 0.15) is 56.9 Å². The minimum absolute atomic E-state index is 0.382. The van der Waals surface area contributed by atoms with Gasteiger partial charge in [-0.25, -0.2) is 0 Å². The topological polar surface area (TPSA) is 47.3 Å². The summed E-state index contributed by atoms with van der Waals surface area (Å²) in [4.78, 5) is 0. The van der Waals surface area contributed by atoms with Gasteiger partial charge >= 0.3 is 0 Å². The van der Waals surface area contributed by atoms with Crippen LogP contribution in [0.3, 0.4) is 0 Å². The fourth-order valence-corrected chi connectivity index (χ4v) is 4.08. The van der Waals surface area contributed by atoms with E-state index in [1.165, 1.54) is 32.1 Å². The van der Waals surface area contributed by atoms with Crippen molar-refractivity contribution in [3.63, 3.8) is 0 Å². The van der Waals surface area contributed by atoms with Crippen LogP contribution in [0.5, 0.6) is 0 Å². The maximum absolute atomic E-state index is 5.98. The lowest BCUT2D eigenvalue weighted by molar-refractivity contribution is -0.150. The highest BCUT2D eigenvalue weighted by Gasteiger charge is 2.55. The maximum atomic E-state index is 5.98. The van der Waals surface area contributed by atoms with Gasteiger partial charge in [-0.1, -0.05) is 24.4 Å². The molecule has 2 aliphatic rings. The minimum Gasteiger partial charge on any atom is -0.378 e. The molecule has 0 amide bonds. The number of rotatable bonds is 5. The number of hydrogen-bond acceptors (Lipinski definition) is 4. The van der Waals surface area contributed by atoms with Crippen molar-refractivity contribution >= 4 is 0 Å². The van der Waals surface area contributed by atoms with Gasteiger partial charge in [0.2, 0.25) is 0 Å². The second kappa shape index (κ2) is 5.86. The van der Waals surface area contributed by atoms with Crippen LogP contribution >= 0.6 is 0 Å². The van der Waals surface area contributed by atoms with E-state index in [1.807, 2.05) is 13.0 Å². The first kappa shape index (κ1) is 14.1. The van der Waals surface area contributed by atoms with Crippen molar-refractivity contribution in [2.75, 3.05) is 6.61 Å². The van der Waals surface area contributed by atoms with Crippen LogP contribution in [0.25, 0.3) is 0 Å². The summed E-state index contributed by atoms with van der Waals surface area (Å²) >= 11 is 0. The van der Waals surface area contributed by atoms with Crippen molar-refractivity contribution in [2.24, 2.45) is 5.41 Å². The molecule has 2 saturated carbocycles. The van der Waals surface area contributed by atoms with Gasteiger partial charge in [0.05, 0.1) is 11.8 Å². The highest BCUT2D eigenvalue weighted by Crippen LogP contribution is 2.53. The lowest BCUT2D eigenvalue weighted by Gasteiger charge is -2.58. The van der Waals surface area contributed by atoms with Gasteiger partial charge in [-0.3, -0.25) is 0 Å². The van der Waals surface area contributed by atoms with Gasteiger partial charge in [-0.15, -0.1) is 0 Å². The van der Waals surface area contributed by atoms with Gasteiger partial charge in [0, 0.05) is 30.7 Å². The Hall–Kier alpha value is -0.870. The zero-order valence-electron chi connectivity index (χ0n) is 12.7. The number of ether oxygens (including phenoxy) is 1. The predicted octanol–water partition coefficient (Wildman–Crippen LogP) is 3.20. The molecule has 4 nitrogen and oxygen atoms in total. The van der Waals surface area contributed by atoms with Gasteiger partial charge < -0.3 is 14.6 Å². The monoisotopic (exact) mass is 278 g/mol. The molecule has 2 atom stereocenters. The summed E-state index contributed by atoms with van der Waals surface area (Å²) in [6.07, 6.45) is 8.32. The molecule has 2 unspecified atom stereocenters. The summed E-state index contributed by atoms with van der Waals surface area (Å²) in [6.45, 7) is 5.69. The van der Waals surface area contributed by atoms with Crippen molar-refractivity contribution in [3.8, 4) is 0 Å². The number of nitrogens with one attached hydrogen (secondary N) is 1. The van der Waals surface area contributed by atoms with Crippen LogP contribution in [0.15, 0.2) is 10.6 Å². The van der Waals surface area contributed by atoms with Crippen LogP contribution in [-0.2, 0) is 11.3 Å². The van der Waals surface area contributed by atoms with Gasteiger partial charge in [0.1, 0.15) is 5.76 Å². The maximum Gasteiger partial charge on any atom is 0.133 e. The Morgan fingerprint density at radius 3 is 2.85 bits per heavy atom. The number of aryl methyl sites for hydroxylation is 1. The molecular weight excluding hydrogens is 252 g/mol. The normalized spacial score (nSPS) is 28.5. The standard InChI is InChI=1S/C16H26N2O2/c1-3-19-15-10-14(16(15)7-5-4-6-8-16)17-11-13-9-12(2)20-18-13/h9,14-15,17H,3-8,10-11H2,1-2H3. The fourth-order valence-electron chi connectivity index (χ4n) is 4.08. The van der Waals surface area contributed by atoms with Crippen molar-refractivity contribution in [1.29, 1.82) is 0 Å². The Bertz CT molecular complexity index is 437. The van der Waals surface area contributed by atoms with E-state index in [1.54, 1.807) is 0 Å². The molecule has 1 aromatic heterocycles. The molecule has 0 saturated heterocycles. The lowest BCUT2D eigenvalue weighted by Crippen LogP contribution is -2.64. The van der Waals surface area contributed by atoms with Crippen molar-refractivity contribution in [2.45, 2.75) is 71.1 Å². The number of hydrogen-bond donors (Lipinski definition) is 1. The molecule has 1 heterocycles. The highest BCUT2D eigenvalue weighted by atomic mass is 16.5. The molecule has 0 aliphatic heterocycles. The zero-order chi connectivity index (χ0) is 14.0. The van der Waals surface area contributed by atoms with E-state index in [9.17, 15) is 0 Å². The van der Waals surface area contributed by atoms with Crippen molar-refractivity contribution < 1.29 is 9.26 Å². The average molecular weight is 278 g/mol. The molecule has 1 aromatic rings. The van der Waals surface area contributed by atoms with Gasteiger partial charge in [0.15, 0.2) is 0 Å². The van der Waals surface area contributed by atoms with E-state index in [-0.39, 0.29) is 0 Å². The minimum atomic E-state index is 0.382. The molecule has 20 heavy (non-hydrogen) atoms. The van der Waals surface area contributed by atoms with E-state index in [0.717, 1.165) is 31.0 Å². The molecular formula is C16H26N2O2. The Labute approximate surface area is 121 Å². The first-order valence-corrected chi connectivity index (χ1v) is 8.02. The molecule has 2 aliphatic carbocycles. The third kappa shape index (κ3) is 2.51. The lowest BCUT2D eigenvalue weighted by atomic mass is 9.55. The molecule has 0 bridgehead atoms. The molecule has 3 rings (SSSR count). The average Bonchev–Trinajstić information content (AvgIpc) is 2.88. The van der Waals surface area contributed by atoms with Gasteiger partial charge in [-0.2, -0.15) is 0 Å². The van der Waals surface area contributed by atoms with E-state index in [4.69, 9.17) is 9.26 Å². The third-order valence-electron chi connectivity index (χ3n) is 5.14. The van der Waals surface area contributed by atoms with Crippen LogP contribution in [0.2, 0.25) is 0 Å². The van der Waals surface area contributed by atoms with Gasteiger partial charge in [-0.05, 0) is 33.1 Å². The molecule has 2 fully saturated rings. The molecule has 0 aromatic carbocycles. The van der Waals surface area contributed by atoms with Crippen LogP contribution < -0.4 is 5.32 Å². The fraction of sp³-hybridized carbons (Fsp3) is 0.812. The quantitative estimate of drug-likeness (QED) is 0.898. The summed E-state index contributed by atoms with van der Waals surface area (Å²) in [5.41, 5.74) is 1.39. The second-order valence-corrected chi connectivity index (χ2v) is 6.34. The summed E-state index contributed by atoms with van der Waals surface area (Å²) < 4.78 is 11.1. The molecule has 4 heteroatoms. The van der Waals surface area contributed by atoms with E-state index in [0.29, 0.717) is 17.6 Å². The van der Waals surface area contributed by atoms with E-state index >= 15 is 0 Å². The Balaban J connectivity index is 1.61. The molecule has 0 radical (unpaired) electrons. The van der Waals surface area contributed by atoms with Crippen molar-refractivity contribution in [3.05, 3.63) is 17.5 Å². The summed E-state index contributed by atoms with van der Waals surface area (Å²) in [5.74, 6) is 0.884. The summed E-state index contributed by atoms with van der Waals surface area (Å²) in [6, 6.07) is 2.59. The number of nitrogens with zero attached hydrogens (tertiary/aromatic N) is 1. The molecule has 112 valence electrons. The van der Waals surface area contributed by atoms with Crippen LogP contribution in [-0.4, -0.2) is 23.9 Å².